The number of methoxy groups -OCH3 is 1. The van der Waals surface area contributed by atoms with E-state index in [0.717, 1.165) is 15.6 Å². The maximum atomic E-state index is 13.3. The zero-order valence-electron chi connectivity index (χ0n) is 12.0. The summed E-state index contributed by atoms with van der Waals surface area (Å²) in [6.07, 6.45) is -0.161. The van der Waals surface area contributed by atoms with Crippen molar-refractivity contribution in [2.45, 2.75) is 19.4 Å². The number of hydrogen-bond donors (Lipinski definition) is 2. The fraction of sp³-hybridized carbons (Fsp3) is 0.400. The van der Waals surface area contributed by atoms with Crippen molar-refractivity contribution >= 4 is 27.3 Å². The van der Waals surface area contributed by atoms with Gasteiger partial charge in [0.1, 0.15) is 5.82 Å². The first-order valence-electron chi connectivity index (χ1n) is 6.66. The summed E-state index contributed by atoms with van der Waals surface area (Å²) in [6, 6.07) is 4.52. The number of aliphatic hydroxyl groups is 1. The fourth-order valence-electron chi connectivity index (χ4n) is 2.12. The lowest BCUT2D eigenvalue weighted by Gasteiger charge is -2.09. The summed E-state index contributed by atoms with van der Waals surface area (Å²) >= 11 is 1.34. The predicted octanol–water partition coefficient (Wildman–Crippen LogP) is 2.48. The average Bonchev–Trinajstić information content (AvgIpc) is 2.76. The van der Waals surface area contributed by atoms with Crippen LogP contribution in [0.4, 0.5) is 4.39 Å². The largest absolute Gasteiger partial charge is 0.391 e. The van der Waals surface area contributed by atoms with Gasteiger partial charge in [-0.25, -0.2) is 4.39 Å². The van der Waals surface area contributed by atoms with E-state index < -0.39 is 6.10 Å². The maximum absolute atomic E-state index is 13.3. The third kappa shape index (κ3) is 3.78. The van der Waals surface area contributed by atoms with Crippen molar-refractivity contribution in [1.82, 2.24) is 5.32 Å². The number of ether oxygens (including phenoxy) is 1. The molecule has 0 saturated heterocycles. The van der Waals surface area contributed by atoms with E-state index in [0.29, 0.717) is 17.8 Å². The Morgan fingerprint density at radius 3 is 3.00 bits per heavy atom. The van der Waals surface area contributed by atoms with E-state index >= 15 is 0 Å². The summed E-state index contributed by atoms with van der Waals surface area (Å²) in [5, 5.41) is 13.1. The minimum Gasteiger partial charge on any atom is -0.391 e. The predicted molar refractivity (Wildman–Crippen MR) is 81.4 cm³/mol. The Labute approximate surface area is 126 Å². The van der Waals surface area contributed by atoms with Crippen molar-refractivity contribution in [1.29, 1.82) is 0 Å². The summed E-state index contributed by atoms with van der Waals surface area (Å²) in [5.74, 6) is -0.503. The van der Waals surface area contributed by atoms with Crippen LogP contribution < -0.4 is 5.32 Å². The SMILES string of the molecule is COCC(O)CCNC(=O)c1sc2ccc(F)cc2c1C. The van der Waals surface area contributed by atoms with Crippen molar-refractivity contribution in [3.05, 3.63) is 34.5 Å². The molecule has 0 saturated carbocycles. The molecule has 0 spiro atoms. The second kappa shape index (κ2) is 6.98. The van der Waals surface area contributed by atoms with E-state index in [1.165, 1.54) is 30.6 Å². The summed E-state index contributed by atoms with van der Waals surface area (Å²) in [7, 11) is 1.52. The van der Waals surface area contributed by atoms with Gasteiger partial charge in [0.25, 0.3) is 5.91 Å². The van der Waals surface area contributed by atoms with Gasteiger partial charge >= 0.3 is 0 Å². The number of benzene rings is 1. The topological polar surface area (TPSA) is 58.6 Å². The van der Waals surface area contributed by atoms with Gasteiger partial charge in [0, 0.05) is 18.4 Å². The second-order valence-corrected chi connectivity index (χ2v) is 5.90. The van der Waals surface area contributed by atoms with Gasteiger partial charge in [-0.05, 0) is 42.5 Å². The first kappa shape index (κ1) is 15.9. The standard InChI is InChI=1S/C15H18FNO3S/c1-9-12-7-10(16)3-4-13(12)21-14(9)15(19)17-6-5-11(18)8-20-2/h3-4,7,11,18H,5-6,8H2,1-2H3,(H,17,19). The molecule has 2 N–H and O–H groups in total. The fourth-order valence-corrected chi connectivity index (χ4v) is 3.22. The number of halogens is 1. The van der Waals surface area contributed by atoms with Gasteiger partial charge in [-0.3, -0.25) is 4.79 Å². The van der Waals surface area contributed by atoms with Crippen LogP contribution in [0.25, 0.3) is 10.1 Å². The Balaban J connectivity index is 2.04. The summed E-state index contributed by atoms with van der Waals surface area (Å²) in [4.78, 5) is 12.7. The van der Waals surface area contributed by atoms with E-state index in [1.54, 1.807) is 6.07 Å². The second-order valence-electron chi connectivity index (χ2n) is 4.85. The van der Waals surface area contributed by atoms with E-state index in [4.69, 9.17) is 4.74 Å². The monoisotopic (exact) mass is 311 g/mol. The Bertz CT molecular complexity index is 641. The van der Waals surface area contributed by atoms with Gasteiger partial charge in [0.2, 0.25) is 0 Å². The van der Waals surface area contributed by atoms with Crippen LogP contribution >= 0.6 is 11.3 Å². The number of thiophene rings is 1. The minimum atomic E-state index is -0.590. The molecular weight excluding hydrogens is 293 g/mol. The third-order valence-corrected chi connectivity index (χ3v) is 4.50. The molecule has 0 fully saturated rings. The smallest absolute Gasteiger partial charge is 0.261 e. The number of rotatable bonds is 6. The molecule has 21 heavy (non-hydrogen) atoms. The molecule has 1 heterocycles. The van der Waals surface area contributed by atoms with E-state index in [9.17, 15) is 14.3 Å². The highest BCUT2D eigenvalue weighted by Crippen LogP contribution is 2.31. The molecule has 1 aromatic carbocycles. The van der Waals surface area contributed by atoms with E-state index in [1.807, 2.05) is 6.92 Å². The molecule has 6 heteroatoms. The van der Waals surface area contributed by atoms with Crippen LogP contribution in [-0.4, -0.2) is 37.4 Å². The molecule has 1 amide bonds. The lowest BCUT2D eigenvalue weighted by Crippen LogP contribution is -2.28. The summed E-state index contributed by atoms with van der Waals surface area (Å²) in [6.45, 7) is 2.43. The van der Waals surface area contributed by atoms with Crippen LogP contribution in [0.1, 0.15) is 21.7 Å². The average molecular weight is 311 g/mol. The zero-order valence-corrected chi connectivity index (χ0v) is 12.8. The molecule has 114 valence electrons. The number of nitrogens with one attached hydrogen (secondary N) is 1. The quantitative estimate of drug-likeness (QED) is 0.861. The van der Waals surface area contributed by atoms with Crippen molar-refractivity contribution < 1.29 is 19.0 Å². The molecule has 2 aromatic rings. The first-order valence-corrected chi connectivity index (χ1v) is 7.48. The molecule has 2 rings (SSSR count). The Morgan fingerprint density at radius 2 is 2.29 bits per heavy atom. The molecule has 0 aliphatic rings. The Kier molecular flexibility index (Phi) is 5.27. The lowest BCUT2D eigenvalue weighted by molar-refractivity contribution is 0.0588. The van der Waals surface area contributed by atoms with Crippen molar-refractivity contribution in [3.8, 4) is 0 Å². The molecule has 1 aromatic heterocycles. The molecular formula is C15H18FNO3S. The molecule has 0 aliphatic heterocycles. The molecule has 0 aliphatic carbocycles. The Hall–Kier alpha value is -1.50. The molecule has 1 unspecified atom stereocenters. The molecule has 1 atom stereocenters. The lowest BCUT2D eigenvalue weighted by atomic mass is 10.1. The van der Waals surface area contributed by atoms with Crippen LogP contribution in [-0.2, 0) is 4.74 Å². The van der Waals surface area contributed by atoms with Gasteiger partial charge in [-0.1, -0.05) is 0 Å². The maximum Gasteiger partial charge on any atom is 0.261 e. The van der Waals surface area contributed by atoms with E-state index in [2.05, 4.69) is 5.32 Å². The normalized spacial score (nSPS) is 12.6. The van der Waals surface area contributed by atoms with Crippen molar-refractivity contribution in [2.75, 3.05) is 20.3 Å². The van der Waals surface area contributed by atoms with Gasteiger partial charge in [-0.15, -0.1) is 11.3 Å². The van der Waals surface area contributed by atoms with Gasteiger partial charge < -0.3 is 15.2 Å². The summed E-state index contributed by atoms with van der Waals surface area (Å²) < 4.78 is 19.0. The first-order chi connectivity index (χ1) is 10.0. The zero-order chi connectivity index (χ0) is 15.4. The van der Waals surface area contributed by atoms with Crippen LogP contribution in [0.2, 0.25) is 0 Å². The third-order valence-electron chi connectivity index (χ3n) is 3.23. The number of aryl methyl sites for hydroxylation is 1. The van der Waals surface area contributed by atoms with Crippen LogP contribution in [0.3, 0.4) is 0 Å². The number of aliphatic hydroxyl groups excluding tert-OH is 1. The van der Waals surface area contributed by atoms with Crippen LogP contribution in [0.5, 0.6) is 0 Å². The number of hydrogen-bond acceptors (Lipinski definition) is 4. The number of fused-ring (bicyclic) bond motifs is 1. The number of carbonyl (C=O) groups excluding carboxylic acids is 1. The van der Waals surface area contributed by atoms with Crippen LogP contribution in [0.15, 0.2) is 18.2 Å². The number of carbonyl (C=O) groups is 1. The Morgan fingerprint density at radius 1 is 1.52 bits per heavy atom. The van der Waals surface area contributed by atoms with Gasteiger partial charge in [0.15, 0.2) is 0 Å². The van der Waals surface area contributed by atoms with Crippen LogP contribution in [0, 0.1) is 12.7 Å². The highest BCUT2D eigenvalue weighted by molar-refractivity contribution is 7.21. The van der Waals surface area contributed by atoms with Gasteiger partial charge in [-0.2, -0.15) is 0 Å². The minimum absolute atomic E-state index is 0.196. The van der Waals surface area contributed by atoms with Crippen molar-refractivity contribution in [2.24, 2.45) is 0 Å². The van der Waals surface area contributed by atoms with E-state index in [-0.39, 0.29) is 18.3 Å². The summed E-state index contributed by atoms with van der Waals surface area (Å²) in [5.41, 5.74) is 0.782. The van der Waals surface area contributed by atoms with Crippen molar-refractivity contribution in [3.63, 3.8) is 0 Å². The number of amides is 1. The molecule has 4 nitrogen and oxygen atoms in total. The molecule has 0 radical (unpaired) electrons. The highest BCUT2D eigenvalue weighted by Gasteiger charge is 2.16. The molecule has 0 bridgehead atoms. The van der Waals surface area contributed by atoms with Gasteiger partial charge in [0.05, 0.1) is 17.6 Å². The highest BCUT2D eigenvalue weighted by atomic mass is 32.1.